The third kappa shape index (κ3) is 10.3. The van der Waals surface area contributed by atoms with Crippen molar-refractivity contribution < 1.29 is 9.53 Å². The topological polar surface area (TPSA) is 58.0 Å². The second-order valence-corrected chi connectivity index (χ2v) is 12.5. The molecular formula is C35H58N4O2. The highest BCUT2D eigenvalue weighted by atomic mass is 16.6. The molecule has 0 radical (unpaired) electrons. The first-order valence-electron chi connectivity index (χ1n) is 16.0. The summed E-state index contributed by atoms with van der Waals surface area (Å²) < 4.78 is 5.72. The van der Waals surface area contributed by atoms with Gasteiger partial charge in [0.2, 0.25) is 0 Å². The number of aromatic nitrogens is 1. The van der Waals surface area contributed by atoms with Gasteiger partial charge in [-0.3, -0.25) is 9.98 Å². The number of aryl methyl sites for hydroxylation is 2. The number of unbranched alkanes of at least 4 members (excludes halogenated alkanes) is 1. The second-order valence-electron chi connectivity index (χ2n) is 12.5. The van der Waals surface area contributed by atoms with E-state index in [-0.39, 0.29) is 18.2 Å². The number of piperazine rings is 1. The van der Waals surface area contributed by atoms with Crippen LogP contribution in [0.2, 0.25) is 0 Å². The molecule has 1 aliphatic carbocycles. The van der Waals surface area contributed by atoms with Gasteiger partial charge in [0.1, 0.15) is 5.60 Å². The normalized spacial score (nSPS) is 20.8. The number of allylic oxidation sites excluding steroid dienone is 4. The first-order chi connectivity index (χ1) is 19.4. The van der Waals surface area contributed by atoms with Crippen molar-refractivity contribution in [1.82, 2.24) is 14.8 Å². The largest absolute Gasteiger partial charge is 0.444 e. The number of hydrogen-bond acceptors (Lipinski definition) is 5. The van der Waals surface area contributed by atoms with E-state index in [4.69, 9.17) is 9.73 Å². The van der Waals surface area contributed by atoms with Gasteiger partial charge in [0.05, 0.1) is 0 Å². The molecule has 0 N–H and O–H groups in total. The summed E-state index contributed by atoms with van der Waals surface area (Å²) in [6.45, 7) is 25.1. The Hall–Kier alpha value is -2.63. The van der Waals surface area contributed by atoms with Crippen LogP contribution in [0.15, 0.2) is 46.4 Å². The van der Waals surface area contributed by atoms with Crippen LogP contribution >= 0.6 is 0 Å². The van der Waals surface area contributed by atoms with Crippen LogP contribution in [0.4, 0.5) is 4.79 Å². The molecule has 0 aromatic carbocycles. The Balaban J connectivity index is 0.00000287. The lowest BCUT2D eigenvalue weighted by molar-refractivity contribution is -0.00419. The van der Waals surface area contributed by atoms with Gasteiger partial charge in [-0.05, 0) is 123 Å². The van der Waals surface area contributed by atoms with E-state index < -0.39 is 5.60 Å². The number of aliphatic imine (C=N–C) groups is 1. The van der Waals surface area contributed by atoms with E-state index in [0.717, 1.165) is 38.8 Å². The standard InChI is InChI=1S/C33H52N4O2.C2H6/c1-10-29(28-16-17-28)31(30(35-11-2)15-13-12-14-27-18-23(3)19-34-20-27)26(6)36-21-25(5)37(22-24(36)4)32(38)39-33(7,8)9;1-2/h10,18-20,24-25,28H,11-17,21-22H2,1-9H3;1-2H3/b29-10-,31-26+,35-30?;/t24-,25+;/m0./s1. The molecule has 230 valence electrons. The van der Waals surface area contributed by atoms with Crippen molar-refractivity contribution in [1.29, 1.82) is 0 Å². The smallest absolute Gasteiger partial charge is 0.410 e. The highest BCUT2D eigenvalue weighted by molar-refractivity contribution is 6.04. The number of rotatable bonds is 10. The molecule has 1 amide bonds. The molecule has 6 heteroatoms. The molecule has 1 saturated heterocycles. The van der Waals surface area contributed by atoms with E-state index in [1.165, 1.54) is 46.5 Å². The molecule has 41 heavy (non-hydrogen) atoms. The number of carbonyl (C=O) groups is 1. The summed E-state index contributed by atoms with van der Waals surface area (Å²) in [6, 6.07) is 2.50. The Kier molecular flexibility index (Phi) is 13.6. The van der Waals surface area contributed by atoms with Crippen molar-refractivity contribution >= 4 is 11.8 Å². The molecule has 2 atom stereocenters. The van der Waals surface area contributed by atoms with Gasteiger partial charge in [0.15, 0.2) is 0 Å². The third-order valence-electron chi connectivity index (χ3n) is 7.72. The lowest BCUT2D eigenvalue weighted by atomic mass is 9.90. The molecule has 1 aliphatic heterocycles. The summed E-state index contributed by atoms with van der Waals surface area (Å²) in [7, 11) is 0. The molecule has 0 bridgehead atoms. The van der Waals surface area contributed by atoms with Gasteiger partial charge in [-0.1, -0.05) is 26.0 Å². The van der Waals surface area contributed by atoms with Gasteiger partial charge in [0.25, 0.3) is 0 Å². The fourth-order valence-electron chi connectivity index (χ4n) is 5.73. The van der Waals surface area contributed by atoms with E-state index in [9.17, 15) is 4.79 Å². The first-order valence-corrected chi connectivity index (χ1v) is 16.0. The maximum absolute atomic E-state index is 12.9. The predicted molar refractivity (Wildman–Crippen MR) is 174 cm³/mol. The summed E-state index contributed by atoms with van der Waals surface area (Å²) in [5, 5.41) is 0. The van der Waals surface area contributed by atoms with Gasteiger partial charge in [-0.25, -0.2) is 4.79 Å². The molecule has 0 spiro atoms. The summed E-state index contributed by atoms with van der Waals surface area (Å²) >= 11 is 0. The van der Waals surface area contributed by atoms with Crippen LogP contribution in [0.3, 0.4) is 0 Å². The van der Waals surface area contributed by atoms with Crippen LogP contribution in [-0.2, 0) is 11.2 Å². The fraction of sp³-hybridized carbons (Fsp3) is 0.686. The third-order valence-corrected chi connectivity index (χ3v) is 7.72. The van der Waals surface area contributed by atoms with Crippen LogP contribution in [-0.4, -0.2) is 63.9 Å². The zero-order valence-electron chi connectivity index (χ0n) is 28.0. The van der Waals surface area contributed by atoms with Crippen LogP contribution < -0.4 is 0 Å². The quantitative estimate of drug-likeness (QED) is 0.162. The van der Waals surface area contributed by atoms with Crippen LogP contribution in [0.5, 0.6) is 0 Å². The maximum atomic E-state index is 12.9. The molecule has 3 rings (SSSR count). The van der Waals surface area contributed by atoms with E-state index in [1.54, 1.807) is 0 Å². The van der Waals surface area contributed by atoms with Crippen molar-refractivity contribution in [2.45, 2.75) is 132 Å². The van der Waals surface area contributed by atoms with Gasteiger partial charge >= 0.3 is 6.09 Å². The Bertz CT molecular complexity index is 1080. The molecule has 2 aliphatic rings. The number of nitrogens with zero attached hydrogens (tertiary/aromatic N) is 4. The summed E-state index contributed by atoms with van der Waals surface area (Å²) in [6.07, 6.45) is 12.8. The summed E-state index contributed by atoms with van der Waals surface area (Å²) in [4.78, 5) is 26.8. The Morgan fingerprint density at radius 3 is 2.29 bits per heavy atom. The lowest BCUT2D eigenvalue weighted by Gasteiger charge is -2.46. The average Bonchev–Trinajstić information content (AvgIpc) is 3.75. The Morgan fingerprint density at radius 2 is 1.73 bits per heavy atom. The second kappa shape index (κ2) is 16.1. The van der Waals surface area contributed by atoms with Crippen molar-refractivity contribution in [3.8, 4) is 0 Å². The number of amides is 1. The molecule has 2 fully saturated rings. The van der Waals surface area contributed by atoms with Gasteiger partial charge in [0, 0.05) is 61.1 Å². The Labute approximate surface area is 251 Å². The van der Waals surface area contributed by atoms with Gasteiger partial charge in [-0.2, -0.15) is 0 Å². The number of pyridine rings is 1. The minimum Gasteiger partial charge on any atom is -0.444 e. The molecular weight excluding hydrogens is 508 g/mol. The Morgan fingerprint density at radius 1 is 1.10 bits per heavy atom. The zero-order chi connectivity index (χ0) is 30.7. The van der Waals surface area contributed by atoms with E-state index in [1.807, 2.05) is 51.9 Å². The van der Waals surface area contributed by atoms with E-state index in [0.29, 0.717) is 12.5 Å². The van der Waals surface area contributed by atoms with Crippen molar-refractivity contribution in [3.05, 3.63) is 52.5 Å². The average molecular weight is 567 g/mol. The maximum Gasteiger partial charge on any atom is 0.410 e. The molecule has 2 heterocycles. The number of hydrogen-bond donors (Lipinski definition) is 0. The van der Waals surface area contributed by atoms with Crippen molar-refractivity contribution in [2.75, 3.05) is 19.6 Å². The zero-order valence-corrected chi connectivity index (χ0v) is 28.0. The van der Waals surface area contributed by atoms with Gasteiger partial charge in [-0.15, -0.1) is 0 Å². The molecule has 1 aromatic rings. The number of ether oxygens (including phenoxy) is 1. The van der Waals surface area contributed by atoms with Crippen molar-refractivity contribution in [3.63, 3.8) is 0 Å². The first kappa shape index (κ1) is 34.6. The molecule has 6 nitrogen and oxygen atoms in total. The lowest BCUT2D eigenvalue weighted by Crippen LogP contribution is -2.58. The predicted octanol–water partition coefficient (Wildman–Crippen LogP) is 8.55. The SMILES string of the molecule is C/C=C(\C(C(CCCCc1cncc(C)c1)=NCC)=C(\C)N1C[C@@H](C)N(C(=O)OC(C)(C)C)C[C@@H]1C)C1CC1.CC. The highest BCUT2D eigenvalue weighted by Crippen LogP contribution is 2.42. The molecule has 1 aromatic heterocycles. The minimum atomic E-state index is -0.493. The monoisotopic (exact) mass is 566 g/mol. The summed E-state index contributed by atoms with van der Waals surface area (Å²) in [5.74, 6) is 0.635. The molecule has 0 unspecified atom stereocenters. The number of carbonyl (C=O) groups excluding carboxylic acids is 1. The van der Waals surface area contributed by atoms with Crippen LogP contribution in [0.25, 0.3) is 0 Å². The fourth-order valence-corrected chi connectivity index (χ4v) is 5.73. The molecule has 1 saturated carbocycles. The van der Waals surface area contributed by atoms with E-state index in [2.05, 4.69) is 63.6 Å². The van der Waals surface area contributed by atoms with Crippen LogP contribution in [0.1, 0.15) is 112 Å². The van der Waals surface area contributed by atoms with Gasteiger partial charge < -0.3 is 14.5 Å². The minimum absolute atomic E-state index is 0.0664. The van der Waals surface area contributed by atoms with E-state index >= 15 is 0 Å². The van der Waals surface area contributed by atoms with Crippen LogP contribution in [0, 0.1) is 12.8 Å². The van der Waals surface area contributed by atoms with Crippen molar-refractivity contribution in [2.24, 2.45) is 10.9 Å². The highest BCUT2D eigenvalue weighted by Gasteiger charge is 2.37. The summed E-state index contributed by atoms with van der Waals surface area (Å²) in [5.41, 5.74) is 7.39.